The number of nitrogens with one attached hydrogen (secondary N) is 1. The predicted octanol–water partition coefficient (Wildman–Crippen LogP) is 4.10. The molecule has 2 aliphatic carbocycles. The van der Waals surface area contributed by atoms with E-state index in [0.29, 0.717) is 5.54 Å². The minimum atomic E-state index is 0.482. The molecule has 2 saturated carbocycles. The minimum Gasteiger partial charge on any atom is -0.308 e. The van der Waals surface area contributed by atoms with Gasteiger partial charge >= 0.3 is 0 Å². The van der Waals surface area contributed by atoms with E-state index in [2.05, 4.69) is 17.1 Å². The molecule has 0 aromatic rings. The van der Waals surface area contributed by atoms with Crippen LogP contribution in [-0.2, 0) is 0 Å². The molecule has 3 aliphatic rings. The van der Waals surface area contributed by atoms with E-state index in [1.54, 1.807) is 0 Å². The zero-order chi connectivity index (χ0) is 13.8. The van der Waals surface area contributed by atoms with Crippen LogP contribution < -0.4 is 5.32 Å². The first kappa shape index (κ1) is 14.8. The Kier molecular flexibility index (Phi) is 5.04. The Morgan fingerprint density at radius 2 is 1.60 bits per heavy atom. The lowest BCUT2D eigenvalue weighted by Crippen LogP contribution is -2.66. The highest BCUT2D eigenvalue weighted by Crippen LogP contribution is 2.35. The van der Waals surface area contributed by atoms with Crippen LogP contribution >= 0.6 is 0 Å². The summed E-state index contributed by atoms with van der Waals surface area (Å²) in [5, 5.41) is 3.98. The van der Waals surface area contributed by atoms with E-state index in [-0.39, 0.29) is 0 Å². The Morgan fingerprint density at radius 1 is 0.950 bits per heavy atom. The van der Waals surface area contributed by atoms with Crippen LogP contribution in [0, 0.1) is 0 Å². The molecule has 1 atom stereocenters. The SMILES string of the molecule is CCC1CNC2(CCCCC2)CN1C1CCCCCC1. The van der Waals surface area contributed by atoms with Crippen LogP contribution in [0.5, 0.6) is 0 Å². The van der Waals surface area contributed by atoms with Gasteiger partial charge in [-0.2, -0.15) is 0 Å². The first-order valence-corrected chi connectivity index (χ1v) is 9.34. The van der Waals surface area contributed by atoms with Crippen LogP contribution in [-0.4, -0.2) is 35.6 Å². The van der Waals surface area contributed by atoms with Gasteiger partial charge in [0.25, 0.3) is 0 Å². The first-order chi connectivity index (χ1) is 9.83. The highest BCUT2D eigenvalue weighted by Gasteiger charge is 2.41. The van der Waals surface area contributed by atoms with Crippen LogP contribution in [0.2, 0.25) is 0 Å². The van der Waals surface area contributed by atoms with Crippen LogP contribution in [0.4, 0.5) is 0 Å². The molecule has 1 aliphatic heterocycles. The van der Waals surface area contributed by atoms with Gasteiger partial charge in [-0.15, -0.1) is 0 Å². The molecule has 1 spiro atoms. The van der Waals surface area contributed by atoms with E-state index in [1.165, 1.54) is 90.1 Å². The summed E-state index contributed by atoms with van der Waals surface area (Å²) in [6, 6.07) is 1.69. The first-order valence-electron chi connectivity index (χ1n) is 9.34. The summed E-state index contributed by atoms with van der Waals surface area (Å²) in [5.74, 6) is 0. The van der Waals surface area contributed by atoms with Gasteiger partial charge in [-0.1, -0.05) is 51.9 Å². The highest BCUT2D eigenvalue weighted by atomic mass is 15.3. The van der Waals surface area contributed by atoms with E-state index in [9.17, 15) is 0 Å². The largest absolute Gasteiger partial charge is 0.308 e. The van der Waals surface area contributed by atoms with Gasteiger partial charge in [-0.25, -0.2) is 0 Å². The maximum absolute atomic E-state index is 3.98. The van der Waals surface area contributed by atoms with E-state index in [0.717, 1.165) is 12.1 Å². The van der Waals surface area contributed by atoms with Gasteiger partial charge in [0.05, 0.1) is 0 Å². The summed E-state index contributed by atoms with van der Waals surface area (Å²) in [7, 11) is 0. The average Bonchev–Trinajstić information content (AvgIpc) is 2.77. The van der Waals surface area contributed by atoms with Crippen molar-refractivity contribution in [3.8, 4) is 0 Å². The molecule has 3 fully saturated rings. The fourth-order valence-corrected chi connectivity index (χ4v) is 4.95. The summed E-state index contributed by atoms with van der Waals surface area (Å²) in [4.78, 5) is 2.95. The van der Waals surface area contributed by atoms with Gasteiger partial charge in [-0.3, -0.25) is 4.90 Å². The fourth-order valence-electron chi connectivity index (χ4n) is 4.95. The number of hydrogen-bond donors (Lipinski definition) is 1. The van der Waals surface area contributed by atoms with E-state index >= 15 is 0 Å². The Balaban J connectivity index is 1.70. The van der Waals surface area contributed by atoms with Crippen LogP contribution in [0.1, 0.15) is 84.0 Å². The van der Waals surface area contributed by atoms with Crippen molar-refractivity contribution in [3.05, 3.63) is 0 Å². The second-order valence-corrected chi connectivity index (χ2v) is 7.60. The number of hydrogen-bond acceptors (Lipinski definition) is 2. The average molecular weight is 278 g/mol. The minimum absolute atomic E-state index is 0.482. The molecule has 0 aromatic heterocycles. The molecule has 2 nitrogen and oxygen atoms in total. The van der Waals surface area contributed by atoms with Crippen molar-refractivity contribution in [2.24, 2.45) is 0 Å². The molecule has 3 rings (SSSR count). The third-order valence-electron chi connectivity index (χ3n) is 6.24. The summed E-state index contributed by atoms with van der Waals surface area (Å²) >= 11 is 0. The maximum Gasteiger partial charge on any atom is 0.0309 e. The molecule has 2 heteroatoms. The van der Waals surface area contributed by atoms with Crippen LogP contribution in [0.15, 0.2) is 0 Å². The smallest absolute Gasteiger partial charge is 0.0309 e. The Bertz CT molecular complexity index is 288. The second kappa shape index (κ2) is 6.79. The molecule has 1 N–H and O–H groups in total. The molecular formula is C18H34N2. The van der Waals surface area contributed by atoms with Gasteiger partial charge in [0.1, 0.15) is 0 Å². The standard InChI is InChI=1S/C18H34N2/c1-2-16-14-19-18(12-8-5-9-13-18)15-20(16)17-10-6-3-4-7-11-17/h16-17,19H,2-15H2,1H3. The molecule has 1 heterocycles. The summed E-state index contributed by atoms with van der Waals surface area (Å²) in [5.41, 5.74) is 0.482. The summed E-state index contributed by atoms with van der Waals surface area (Å²) < 4.78 is 0. The van der Waals surface area contributed by atoms with Gasteiger partial charge in [-0.05, 0) is 32.1 Å². The molecule has 0 amide bonds. The molecule has 116 valence electrons. The highest BCUT2D eigenvalue weighted by molar-refractivity contribution is 5.01. The normalized spacial score (nSPS) is 33.1. The Hall–Kier alpha value is -0.0800. The van der Waals surface area contributed by atoms with Crippen molar-refractivity contribution in [1.29, 1.82) is 0 Å². The monoisotopic (exact) mass is 278 g/mol. The van der Waals surface area contributed by atoms with Crippen molar-refractivity contribution in [2.75, 3.05) is 13.1 Å². The van der Waals surface area contributed by atoms with Crippen molar-refractivity contribution in [2.45, 2.75) is 102 Å². The Morgan fingerprint density at radius 3 is 2.25 bits per heavy atom. The van der Waals surface area contributed by atoms with Gasteiger partial charge in [0.2, 0.25) is 0 Å². The quantitative estimate of drug-likeness (QED) is 0.765. The zero-order valence-electron chi connectivity index (χ0n) is 13.5. The van der Waals surface area contributed by atoms with Gasteiger partial charge < -0.3 is 5.32 Å². The summed E-state index contributed by atoms with van der Waals surface area (Å²) in [6.07, 6.45) is 17.3. The topological polar surface area (TPSA) is 15.3 Å². The second-order valence-electron chi connectivity index (χ2n) is 7.60. The van der Waals surface area contributed by atoms with Gasteiger partial charge in [0.15, 0.2) is 0 Å². The fraction of sp³-hybridized carbons (Fsp3) is 1.00. The predicted molar refractivity (Wildman–Crippen MR) is 86.1 cm³/mol. The molecule has 1 saturated heterocycles. The number of rotatable bonds is 2. The molecule has 0 aromatic carbocycles. The zero-order valence-corrected chi connectivity index (χ0v) is 13.5. The van der Waals surface area contributed by atoms with E-state index < -0.39 is 0 Å². The lowest BCUT2D eigenvalue weighted by atomic mass is 9.78. The molecular weight excluding hydrogens is 244 g/mol. The van der Waals surface area contributed by atoms with Crippen LogP contribution in [0.25, 0.3) is 0 Å². The molecule has 0 radical (unpaired) electrons. The third-order valence-corrected chi connectivity index (χ3v) is 6.24. The number of nitrogens with zero attached hydrogens (tertiary/aromatic N) is 1. The summed E-state index contributed by atoms with van der Waals surface area (Å²) in [6.45, 7) is 4.97. The Labute approximate surface area is 125 Å². The van der Waals surface area contributed by atoms with Crippen LogP contribution in [0.3, 0.4) is 0 Å². The van der Waals surface area contributed by atoms with Crippen molar-refractivity contribution >= 4 is 0 Å². The van der Waals surface area contributed by atoms with Crippen molar-refractivity contribution in [1.82, 2.24) is 10.2 Å². The van der Waals surface area contributed by atoms with Gasteiger partial charge in [0, 0.05) is 30.7 Å². The third kappa shape index (κ3) is 3.22. The molecule has 20 heavy (non-hydrogen) atoms. The molecule has 1 unspecified atom stereocenters. The lowest BCUT2D eigenvalue weighted by molar-refractivity contribution is 0.0176. The van der Waals surface area contributed by atoms with Crippen molar-refractivity contribution < 1.29 is 0 Å². The number of piperazine rings is 1. The van der Waals surface area contributed by atoms with Crippen molar-refractivity contribution in [3.63, 3.8) is 0 Å². The van der Waals surface area contributed by atoms with E-state index in [1.807, 2.05) is 0 Å². The van der Waals surface area contributed by atoms with E-state index in [4.69, 9.17) is 0 Å². The molecule has 0 bridgehead atoms. The maximum atomic E-state index is 3.98. The lowest BCUT2D eigenvalue weighted by Gasteiger charge is -2.52.